The highest BCUT2D eigenvalue weighted by atomic mass is 79.9. The molecule has 1 amide bonds. The Bertz CT molecular complexity index is 1380. The van der Waals surface area contributed by atoms with Gasteiger partial charge in [-0.2, -0.15) is 0 Å². The van der Waals surface area contributed by atoms with Crippen LogP contribution in [0.4, 0.5) is 5.69 Å². The molecule has 3 aromatic carbocycles. The summed E-state index contributed by atoms with van der Waals surface area (Å²) in [5.74, 6) is 0.283. The Balaban J connectivity index is 1.58. The normalized spacial score (nSPS) is 15.4. The van der Waals surface area contributed by atoms with Gasteiger partial charge < -0.3 is 4.90 Å². The molecule has 4 aromatic rings. The number of benzene rings is 3. The van der Waals surface area contributed by atoms with Crippen LogP contribution in [0, 0.1) is 0 Å². The Morgan fingerprint density at radius 2 is 1.72 bits per heavy atom. The van der Waals surface area contributed by atoms with E-state index in [0.29, 0.717) is 36.2 Å². The van der Waals surface area contributed by atoms with Crippen molar-refractivity contribution < 1.29 is 4.79 Å². The Morgan fingerprint density at radius 3 is 2.50 bits per heavy atom. The number of nitrogens with zero attached hydrogens (tertiary/aromatic N) is 3. The van der Waals surface area contributed by atoms with E-state index >= 15 is 0 Å². The zero-order chi connectivity index (χ0) is 22.2. The summed E-state index contributed by atoms with van der Waals surface area (Å²) in [5, 5.41) is 0.602. The minimum Gasteiger partial charge on any atom is -0.307 e. The maximum atomic E-state index is 13.6. The van der Waals surface area contributed by atoms with E-state index < -0.39 is 5.92 Å². The largest absolute Gasteiger partial charge is 0.307 e. The van der Waals surface area contributed by atoms with Crippen molar-refractivity contribution in [1.29, 1.82) is 0 Å². The summed E-state index contributed by atoms with van der Waals surface area (Å²) >= 11 is 3.56. The van der Waals surface area contributed by atoms with Crippen LogP contribution in [0.15, 0.2) is 82.1 Å². The lowest BCUT2D eigenvalue weighted by Crippen LogP contribution is -2.31. The maximum absolute atomic E-state index is 13.6. The third kappa shape index (κ3) is 3.54. The van der Waals surface area contributed by atoms with Gasteiger partial charge in [-0.3, -0.25) is 14.2 Å². The van der Waals surface area contributed by atoms with Gasteiger partial charge in [-0.1, -0.05) is 58.4 Å². The van der Waals surface area contributed by atoms with E-state index in [1.807, 2.05) is 78.6 Å². The van der Waals surface area contributed by atoms with Crippen LogP contribution in [-0.2, 0) is 24.3 Å². The molecule has 0 N–H and O–H groups in total. The molecule has 1 atom stereocenters. The molecule has 0 radical (unpaired) electrons. The molecule has 1 aromatic heterocycles. The van der Waals surface area contributed by atoms with Gasteiger partial charge in [0.25, 0.3) is 5.56 Å². The molecule has 5 nitrogen and oxygen atoms in total. The molecule has 32 heavy (non-hydrogen) atoms. The van der Waals surface area contributed by atoms with Crippen molar-refractivity contribution in [3.05, 3.63) is 105 Å². The Hall–Kier alpha value is -3.25. The molecule has 0 aliphatic carbocycles. The molecule has 6 heteroatoms. The number of aromatic nitrogens is 2. The number of hydrogen-bond acceptors (Lipinski definition) is 3. The van der Waals surface area contributed by atoms with E-state index in [0.717, 1.165) is 21.3 Å². The summed E-state index contributed by atoms with van der Waals surface area (Å²) in [6.07, 6.45) is 0.376. The summed E-state index contributed by atoms with van der Waals surface area (Å²) in [7, 11) is 0. The van der Waals surface area contributed by atoms with E-state index in [1.165, 1.54) is 0 Å². The first-order chi connectivity index (χ1) is 15.6. The number of fused-ring (bicyclic) bond motifs is 2. The van der Waals surface area contributed by atoms with Crippen molar-refractivity contribution in [2.45, 2.75) is 32.4 Å². The number of amides is 1. The number of carbonyl (C=O) groups excluding carboxylic acids is 1. The zero-order valence-corrected chi connectivity index (χ0v) is 19.2. The number of halogens is 1. The van der Waals surface area contributed by atoms with Crippen molar-refractivity contribution >= 4 is 38.4 Å². The topological polar surface area (TPSA) is 55.2 Å². The molecule has 0 bridgehead atoms. The van der Waals surface area contributed by atoms with E-state index in [4.69, 9.17) is 4.98 Å². The average Bonchev–Trinajstić information content (AvgIpc) is 3.05. The molecular weight excluding hydrogens is 466 g/mol. The molecule has 1 aliphatic rings. The molecule has 0 spiro atoms. The fourth-order valence-electron chi connectivity index (χ4n) is 4.50. The zero-order valence-electron chi connectivity index (χ0n) is 17.7. The van der Waals surface area contributed by atoms with Gasteiger partial charge in [0.05, 0.1) is 23.4 Å². The van der Waals surface area contributed by atoms with Gasteiger partial charge in [-0.15, -0.1) is 0 Å². The predicted octanol–water partition coefficient (Wildman–Crippen LogP) is 5.05. The van der Waals surface area contributed by atoms with Crippen molar-refractivity contribution in [3.63, 3.8) is 0 Å². The van der Waals surface area contributed by atoms with Crippen LogP contribution < -0.4 is 10.5 Å². The Kier molecular flexibility index (Phi) is 5.39. The summed E-state index contributed by atoms with van der Waals surface area (Å²) in [6, 6.07) is 23.3. The van der Waals surface area contributed by atoms with Crippen molar-refractivity contribution in [3.8, 4) is 0 Å². The van der Waals surface area contributed by atoms with Gasteiger partial charge in [0.1, 0.15) is 5.82 Å². The fourth-order valence-corrected chi connectivity index (χ4v) is 4.87. The summed E-state index contributed by atoms with van der Waals surface area (Å²) in [4.78, 5) is 33.3. The maximum Gasteiger partial charge on any atom is 0.261 e. The second kappa shape index (κ2) is 8.36. The smallest absolute Gasteiger partial charge is 0.261 e. The van der Waals surface area contributed by atoms with Crippen LogP contribution in [0.25, 0.3) is 10.9 Å². The van der Waals surface area contributed by atoms with Gasteiger partial charge in [0.2, 0.25) is 5.91 Å². The quantitative estimate of drug-likeness (QED) is 0.395. The van der Waals surface area contributed by atoms with Crippen molar-refractivity contribution in [2.75, 3.05) is 4.90 Å². The van der Waals surface area contributed by atoms with Crippen molar-refractivity contribution in [1.82, 2.24) is 9.55 Å². The highest BCUT2D eigenvalue weighted by molar-refractivity contribution is 9.10. The van der Waals surface area contributed by atoms with Crippen LogP contribution in [0.5, 0.6) is 0 Å². The molecule has 160 valence electrons. The summed E-state index contributed by atoms with van der Waals surface area (Å²) < 4.78 is 2.61. The fraction of sp³-hybridized carbons (Fsp3) is 0.192. The van der Waals surface area contributed by atoms with Gasteiger partial charge in [-0.05, 0) is 48.4 Å². The van der Waals surface area contributed by atoms with Crippen LogP contribution in [0.3, 0.4) is 0 Å². The third-order valence-corrected chi connectivity index (χ3v) is 6.54. The van der Waals surface area contributed by atoms with Crippen LogP contribution >= 0.6 is 15.9 Å². The first-order valence-corrected chi connectivity index (χ1v) is 11.5. The third-order valence-electron chi connectivity index (χ3n) is 6.05. The molecule has 1 unspecified atom stereocenters. The van der Waals surface area contributed by atoms with Crippen LogP contribution in [0.1, 0.15) is 29.8 Å². The van der Waals surface area contributed by atoms with Gasteiger partial charge in [-0.25, -0.2) is 4.98 Å². The van der Waals surface area contributed by atoms with Gasteiger partial charge in [0, 0.05) is 23.1 Å². The lowest BCUT2D eigenvalue weighted by atomic mass is 9.96. The molecule has 2 heterocycles. The van der Waals surface area contributed by atoms with Crippen LogP contribution in [-0.4, -0.2) is 15.5 Å². The molecule has 5 rings (SSSR count). The van der Waals surface area contributed by atoms with E-state index in [2.05, 4.69) is 15.9 Å². The van der Waals surface area contributed by atoms with Crippen molar-refractivity contribution in [2.24, 2.45) is 0 Å². The minimum atomic E-state index is -0.392. The number of hydrogen-bond donors (Lipinski definition) is 0. The number of rotatable bonds is 5. The number of carbonyl (C=O) groups is 1. The SMILES string of the molecule is CCn1c(CC2C(=O)N(Cc3ccccc3)c3ccc(Br)cc32)nc2ccccc2c1=O. The highest BCUT2D eigenvalue weighted by Crippen LogP contribution is 2.41. The van der Waals surface area contributed by atoms with Gasteiger partial charge >= 0.3 is 0 Å². The highest BCUT2D eigenvalue weighted by Gasteiger charge is 2.38. The molecular formula is C26H22BrN3O2. The molecule has 0 saturated heterocycles. The second-order valence-electron chi connectivity index (χ2n) is 7.96. The second-order valence-corrected chi connectivity index (χ2v) is 8.88. The lowest BCUT2D eigenvalue weighted by Gasteiger charge is -2.19. The Labute approximate surface area is 194 Å². The first kappa shape index (κ1) is 20.6. The molecule has 0 saturated carbocycles. The minimum absolute atomic E-state index is 0.0343. The average molecular weight is 488 g/mol. The molecule has 1 aliphatic heterocycles. The monoisotopic (exact) mass is 487 g/mol. The van der Waals surface area contributed by atoms with E-state index in [-0.39, 0.29) is 11.5 Å². The van der Waals surface area contributed by atoms with Gasteiger partial charge in [0.15, 0.2) is 0 Å². The summed E-state index contributed by atoms with van der Waals surface area (Å²) in [5.41, 5.74) is 3.56. The Morgan fingerprint density at radius 1 is 0.969 bits per heavy atom. The van der Waals surface area contributed by atoms with E-state index in [1.54, 1.807) is 10.6 Å². The first-order valence-electron chi connectivity index (χ1n) is 10.7. The standard InChI is InChI=1S/C26H22BrN3O2/c1-2-29-24(28-22-11-7-6-10-19(22)25(29)31)15-21-20-14-18(27)12-13-23(20)30(26(21)32)16-17-8-4-3-5-9-17/h3-14,21H,2,15-16H2,1H3. The van der Waals surface area contributed by atoms with E-state index in [9.17, 15) is 9.59 Å². The van der Waals surface area contributed by atoms with Crippen LogP contribution in [0.2, 0.25) is 0 Å². The molecule has 0 fully saturated rings. The number of anilines is 1. The lowest BCUT2D eigenvalue weighted by molar-refractivity contribution is -0.119. The summed E-state index contributed by atoms with van der Waals surface area (Å²) in [6.45, 7) is 2.95. The predicted molar refractivity (Wildman–Crippen MR) is 130 cm³/mol. The number of para-hydroxylation sites is 1.